The van der Waals surface area contributed by atoms with Crippen LogP contribution >= 0.6 is 11.8 Å². The van der Waals surface area contributed by atoms with E-state index < -0.39 is 17.9 Å². The molecule has 44 heavy (non-hydrogen) atoms. The lowest BCUT2D eigenvalue weighted by atomic mass is 9.93. The topological polar surface area (TPSA) is 102 Å². The molecule has 4 aromatic rings. The predicted molar refractivity (Wildman–Crippen MR) is 163 cm³/mol. The fourth-order valence-electron chi connectivity index (χ4n) is 5.00. The number of aliphatic imine (C=N–C) groups is 1. The Bertz CT molecular complexity index is 1730. The van der Waals surface area contributed by atoms with Crippen LogP contribution in [0, 0.1) is 20.8 Å². The summed E-state index contributed by atoms with van der Waals surface area (Å²) >= 11 is 1.23. The van der Waals surface area contributed by atoms with Gasteiger partial charge in [0.15, 0.2) is 11.0 Å². The van der Waals surface area contributed by atoms with Gasteiger partial charge in [0.2, 0.25) is 5.91 Å². The smallest absolute Gasteiger partial charge is 0.406 e. The van der Waals surface area contributed by atoms with Crippen molar-refractivity contribution < 1.29 is 27.5 Å². The highest BCUT2D eigenvalue weighted by atomic mass is 32.2. The molecule has 5 rings (SSSR count). The van der Waals surface area contributed by atoms with Gasteiger partial charge in [0, 0.05) is 5.56 Å². The zero-order valence-electron chi connectivity index (χ0n) is 24.6. The van der Waals surface area contributed by atoms with Crippen molar-refractivity contribution in [1.82, 2.24) is 20.1 Å². The van der Waals surface area contributed by atoms with Crippen molar-refractivity contribution in [3.05, 3.63) is 89.2 Å². The van der Waals surface area contributed by atoms with Crippen LogP contribution in [0.4, 0.5) is 23.7 Å². The van der Waals surface area contributed by atoms with Gasteiger partial charge in [-0.2, -0.15) is 4.99 Å². The first-order chi connectivity index (χ1) is 20.7. The Kier molecular flexibility index (Phi) is 8.25. The Morgan fingerprint density at radius 1 is 1.00 bits per heavy atom. The van der Waals surface area contributed by atoms with Gasteiger partial charge >= 0.3 is 12.4 Å². The Morgan fingerprint density at radius 3 is 2.25 bits per heavy atom. The zero-order valence-corrected chi connectivity index (χ0v) is 25.4. The summed E-state index contributed by atoms with van der Waals surface area (Å²) in [6.45, 7) is 9.55. The Morgan fingerprint density at radius 2 is 1.64 bits per heavy atom. The number of anilines is 1. The third-order valence-corrected chi connectivity index (χ3v) is 7.86. The van der Waals surface area contributed by atoms with Gasteiger partial charge in [-0.1, -0.05) is 53.7 Å². The highest BCUT2D eigenvalue weighted by molar-refractivity contribution is 8.15. The molecule has 13 heteroatoms. The van der Waals surface area contributed by atoms with E-state index in [4.69, 9.17) is 0 Å². The van der Waals surface area contributed by atoms with Gasteiger partial charge in [0.1, 0.15) is 12.1 Å². The standard InChI is InChI=1S/C31H29F3N6O3S/c1-18-14-19(2)26(20(3)15-18)40-25(41)16-44-29(40)36-28(42)37-30(4,5)22-8-6-21(7-9-22)27-35-17-39(38-27)23-10-12-24(13-11-23)43-31(32,33)34/h6-15,17H,16H2,1-5H3,(H,37,42)/b36-29-. The lowest BCUT2D eigenvalue weighted by Gasteiger charge is -2.26. The van der Waals surface area contributed by atoms with Crippen LogP contribution in [0.3, 0.4) is 0 Å². The van der Waals surface area contributed by atoms with Crippen molar-refractivity contribution in [1.29, 1.82) is 0 Å². The molecule has 2 heterocycles. The van der Waals surface area contributed by atoms with Crippen LogP contribution in [0.15, 0.2) is 72.0 Å². The molecule has 1 N–H and O–H groups in total. The van der Waals surface area contributed by atoms with E-state index in [9.17, 15) is 22.8 Å². The predicted octanol–water partition coefficient (Wildman–Crippen LogP) is 6.84. The minimum atomic E-state index is -4.77. The van der Waals surface area contributed by atoms with Gasteiger partial charge in [-0.15, -0.1) is 18.3 Å². The number of aromatic nitrogens is 3. The first-order valence-corrected chi connectivity index (χ1v) is 14.5. The second-order valence-corrected chi connectivity index (χ2v) is 11.8. The lowest BCUT2D eigenvalue weighted by Crippen LogP contribution is -2.40. The second-order valence-electron chi connectivity index (χ2n) is 10.8. The summed E-state index contributed by atoms with van der Waals surface area (Å²) in [6, 6.07) is 16.0. The van der Waals surface area contributed by atoms with Crippen LogP contribution in [0.25, 0.3) is 17.1 Å². The molecule has 0 saturated carbocycles. The average Bonchev–Trinajstić information content (AvgIpc) is 3.55. The van der Waals surface area contributed by atoms with Crippen LogP contribution in [-0.4, -0.2) is 44.0 Å². The van der Waals surface area contributed by atoms with Gasteiger partial charge in [-0.3, -0.25) is 9.69 Å². The summed E-state index contributed by atoms with van der Waals surface area (Å²) in [6.07, 6.45) is -3.31. The van der Waals surface area contributed by atoms with Gasteiger partial charge in [-0.25, -0.2) is 14.5 Å². The van der Waals surface area contributed by atoms with Gasteiger partial charge in [0.25, 0.3) is 0 Å². The van der Waals surface area contributed by atoms with Crippen molar-refractivity contribution >= 4 is 34.6 Å². The third-order valence-electron chi connectivity index (χ3n) is 6.93. The number of benzene rings is 3. The van der Waals surface area contributed by atoms with Crippen molar-refractivity contribution in [2.45, 2.75) is 46.5 Å². The van der Waals surface area contributed by atoms with E-state index in [-0.39, 0.29) is 17.4 Å². The number of thioether (sulfide) groups is 1. The van der Waals surface area contributed by atoms with Crippen LogP contribution < -0.4 is 15.0 Å². The summed E-state index contributed by atoms with van der Waals surface area (Å²) in [7, 11) is 0. The quantitative estimate of drug-likeness (QED) is 0.253. The van der Waals surface area contributed by atoms with Crippen LogP contribution in [0.5, 0.6) is 5.75 Å². The SMILES string of the molecule is Cc1cc(C)c(N2C(=O)CS/C2=N\C(=O)NC(C)(C)c2ccc(-c3ncn(-c4ccc(OC(F)(F)F)cc4)n3)cc2)c(C)c1. The Balaban J connectivity index is 1.28. The second kappa shape index (κ2) is 11.8. The first kappa shape index (κ1) is 30.8. The summed E-state index contributed by atoms with van der Waals surface area (Å²) in [4.78, 5) is 36.0. The maximum Gasteiger partial charge on any atom is 0.573 e. The van der Waals surface area contributed by atoms with Gasteiger partial charge in [-0.05, 0) is 75.6 Å². The molecule has 0 bridgehead atoms. The molecule has 9 nitrogen and oxygen atoms in total. The minimum absolute atomic E-state index is 0.130. The van der Waals surface area contributed by atoms with Gasteiger partial charge < -0.3 is 10.1 Å². The number of carbonyl (C=O) groups is 2. The number of nitrogens with one attached hydrogen (secondary N) is 1. The van der Waals surface area contributed by atoms with E-state index in [1.165, 1.54) is 51.9 Å². The number of hydrogen-bond donors (Lipinski definition) is 1. The van der Waals surface area contributed by atoms with Crippen molar-refractivity contribution in [3.63, 3.8) is 0 Å². The van der Waals surface area contributed by atoms with Crippen LogP contribution in [0.2, 0.25) is 0 Å². The van der Waals surface area contributed by atoms with E-state index >= 15 is 0 Å². The first-order valence-electron chi connectivity index (χ1n) is 13.5. The molecule has 0 spiro atoms. The molecule has 1 saturated heterocycles. The molecule has 0 aliphatic carbocycles. The molecule has 0 radical (unpaired) electrons. The van der Waals surface area contributed by atoms with Crippen molar-refractivity contribution in [3.8, 4) is 22.8 Å². The normalized spacial score (nSPS) is 14.8. The summed E-state index contributed by atoms with van der Waals surface area (Å²) in [5.41, 5.74) is 4.90. The molecule has 1 aromatic heterocycles. The Labute approximate surface area is 256 Å². The monoisotopic (exact) mass is 622 g/mol. The number of alkyl halides is 3. The molecule has 1 fully saturated rings. The highest BCUT2D eigenvalue weighted by Gasteiger charge is 2.33. The fraction of sp³-hybridized carbons (Fsp3) is 0.258. The average molecular weight is 623 g/mol. The summed E-state index contributed by atoms with van der Waals surface area (Å²) in [5.74, 6) is 0.147. The maximum absolute atomic E-state index is 13.1. The fourth-order valence-corrected chi connectivity index (χ4v) is 5.85. The largest absolute Gasteiger partial charge is 0.573 e. The van der Waals surface area contributed by atoms with Gasteiger partial charge in [0.05, 0.1) is 22.7 Å². The van der Waals surface area contributed by atoms with E-state index in [1.807, 2.05) is 71.0 Å². The Hall–Kier alpha value is -4.65. The number of aryl methyl sites for hydroxylation is 3. The maximum atomic E-state index is 13.1. The number of urea groups is 1. The van der Waals surface area contributed by atoms with E-state index in [2.05, 4.69) is 25.1 Å². The molecular weight excluding hydrogens is 593 g/mol. The number of nitrogens with zero attached hydrogens (tertiary/aromatic N) is 5. The van der Waals surface area contributed by atoms with Crippen LogP contribution in [-0.2, 0) is 10.3 Å². The number of carbonyl (C=O) groups excluding carboxylic acids is 2. The molecule has 228 valence electrons. The van der Waals surface area contributed by atoms with E-state index in [0.29, 0.717) is 22.2 Å². The lowest BCUT2D eigenvalue weighted by molar-refractivity contribution is -0.274. The number of ether oxygens (including phenoxy) is 1. The molecule has 3 aromatic carbocycles. The minimum Gasteiger partial charge on any atom is -0.406 e. The molecule has 1 aliphatic heterocycles. The van der Waals surface area contributed by atoms with E-state index in [0.717, 1.165) is 27.9 Å². The molecular formula is C31H29F3N6O3S. The van der Waals surface area contributed by atoms with Crippen molar-refractivity contribution in [2.24, 2.45) is 4.99 Å². The summed E-state index contributed by atoms with van der Waals surface area (Å²) < 4.78 is 42.6. The molecule has 0 unspecified atom stereocenters. The number of hydrogen-bond acceptors (Lipinski definition) is 6. The van der Waals surface area contributed by atoms with Crippen LogP contribution in [0.1, 0.15) is 36.1 Å². The zero-order chi connectivity index (χ0) is 31.8. The van der Waals surface area contributed by atoms with Crippen molar-refractivity contribution in [2.75, 3.05) is 10.7 Å². The number of amides is 3. The number of amidine groups is 1. The molecule has 3 amide bonds. The number of rotatable bonds is 6. The highest BCUT2D eigenvalue weighted by Crippen LogP contribution is 2.33. The molecule has 0 atom stereocenters. The molecule has 1 aliphatic rings. The summed E-state index contributed by atoms with van der Waals surface area (Å²) in [5, 5.41) is 7.69. The van der Waals surface area contributed by atoms with E-state index in [1.54, 1.807) is 0 Å². The number of halogens is 3. The third kappa shape index (κ3) is 6.77.